The van der Waals surface area contributed by atoms with Crippen LogP contribution < -0.4 is 14.8 Å². The summed E-state index contributed by atoms with van der Waals surface area (Å²) >= 11 is 0. The van der Waals surface area contributed by atoms with Crippen molar-refractivity contribution in [2.75, 3.05) is 6.61 Å². The second-order valence-corrected chi connectivity index (χ2v) is 8.92. The fraction of sp³-hybridized carbons (Fsp3) is 0.619. The molecular weight excluding hydrogens is 410 g/mol. The van der Waals surface area contributed by atoms with Crippen molar-refractivity contribution in [3.63, 3.8) is 0 Å². The third-order valence-electron chi connectivity index (χ3n) is 4.32. The van der Waals surface area contributed by atoms with Crippen LogP contribution in [-0.2, 0) is 9.53 Å². The summed E-state index contributed by atoms with van der Waals surface area (Å²) in [6.45, 7) is 9.70. The van der Waals surface area contributed by atoms with Crippen molar-refractivity contribution in [1.82, 2.24) is 5.32 Å². The number of ether oxygens (including phenoxy) is 3. The molecule has 1 aromatic rings. The molecule has 1 aliphatic heterocycles. The minimum atomic E-state index is -1.83. The Morgan fingerprint density at radius 3 is 2.29 bits per heavy atom. The average molecular weight is 441 g/mol. The Labute approximate surface area is 180 Å². The molecule has 1 saturated heterocycles. The lowest BCUT2D eigenvalue weighted by atomic mass is 9.99. The number of nitrogens with one attached hydrogen (secondary N) is 1. The Morgan fingerprint density at radius 2 is 1.74 bits per heavy atom. The van der Waals surface area contributed by atoms with E-state index in [0.29, 0.717) is 12.2 Å². The molecule has 10 nitrogen and oxygen atoms in total. The first-order valence-electron chi connectivity index (χ1n) is 9.98. The van der Waals surface area contributed by atoms with Crippen LogP contribution in [0.5, 0.6) is 11.5 Å². The van der Waals surface area contributed by atoms with E-state index < -0.39 is 42.2 Å². The van der Waals surface area contributed by atoms with Crippen molar-refractivity contribution >= 4 is 11.9 Å². The molecular formula is C21H31NO9. The summed E-state index contributed by atoms with van der Waals surface area (Å²) in [5.41, 5.74) is -0.140. The van der Waals surface area contributed by atoms with Crippen LogP contribution >= 0.6 is 0 Å². The van der Waals surface area contributed by atoms with E-state index in [1.165, 1.54) is 18.2 Å². The van der Waals surface area contributed by atoms with Crippen LogP contribution in [-0.4, -0.2) is 75.2 Å². The van der Waals surface area contributed by atoms with E-state index in [2.05, 4.69) is 5.32 Å². The fourth-order valence-electron chi connectivity index (χ4n) is 2.80. The first-order chi connectivity index (χ1) is 14.3. The van der Waals surface area contributed by atoms with Crippen LogP contribution in [0.3, 0.4) is 0 Å². The number of carbonyl (C=O) groups excluding carboxylic acids is 1. The van der Waals surface area contributed by atoms with Crippen molar-refractivity contribution in [3.05, 3.63) is 23.8 Å². The number of aliphatic hydroxyl groups excluding tert-OH is 3. The molecule has 0 spiro atoms. The lowest BCUT2D eigenvalue weighted by molar-refractivity contribution is -0.271. The number of aliphatic hydroxyl groups is 3. The topological polar surface area (TPSA) is 155 Å². The molecule has 0 aliphatic carbocycles. The molecule has 0 unspecified atom stereocenters. The van der Waals surface area contributed by atoms with E-state index in [9.17, 15) is 30.0 Å². The quantitative estimate of drug-likeness (QED) is 0.407. The van der Waals surface area contributed by atoms with Gasteiger partial charge in [-0.15, -0.1) is 0 Å². The predicted octanol–water partition coefficient (Wildman–Crippen LogP) is 0.521. The number of carbonyl (C=O) groups is 2. The van der Waals surface area contributed by atoms with Gasteiger partial charge in [-0.3, -0.25) is 4.79 Å². The van der Waals surface area contributed by atoms with Gasteiger partial charge in [0.05, 0.1) is 6.61 Å². The number of carboxylic acid groups (broad SMARTS) is 1. The van der Waals surface area contributed by atoms with Crippen LogP contribution in [0.2, 0.25) is 0 Å². The van der Waals surface area contributed by atoms with Crippen molar-refractivity contribution in [1.29, 1.82) is 0 Å². The molecule has 1 aromatic carbocycles. The van der Waals surface area contributed by atoms with Gasteiger partial charge < -0.3 is 40.0 Å². The minimum Gasteiger partial charge on any atom is -0.489 e. The molecule has 0 bridgehead atoms. The van der Waals surface area contributed by atoms with E-state index in [-0.39, 0.29) is 23.3 Å². The van der Waals surface area contributed by atoms with Crippen LogP contribution in [0.1, 0.15) is 45.0 Å². The maximum Gasteiger partial charge on any atom is 0.335 e. The lowest BCUT2D eigenvalue weighted by Gasteiger charge is -2.38. The van der Waals surface area contributed by atoms with Gasteiger partial charge in [-0.2, -0.15) is 0 Å². The lowest BCUT2D eigenvalue weighted by Crippen LogP contribution is -2.61. The number of benzene rings is 1. The Hall–Kier alpha value is -2.40. The van der Waals surface area contributed by atoms with E-state index in [0.717, 1.165) is 0 Å². The number of amides is 1. The number of hydrogen-bond donors (Lipinski definition) is 5. The van der Waals surface area contributed by atoms with E-state index in [1.54, 1.807) is 0 Å². The van der Waals surface area contributed by atoms with Crippen LogP contribution in [0.4, 0.5) is 0 Å². The molecule has 5 atom stereocenters. The van der Waals surface area contributed by atoms with Gasteiger partial charge in [0.2, 0.25) is 6.29 Å². The molecule has 5 N–H and O–H groups in total. The molecule has 1 amide bonds. The highest BCUT2D eigenvalue weighted by atomic mass is 16.7. The van der Waals surface area contributed by atoms with Crippen LogP contribution in [0.25, 0.3) is 0 Å². The molecule has 0 aromatic heterocycles. The van der Waals surface area contributed by atoms with Gasteiger partial charge in [0.1, 0.15) is 18.3 Å². The highest BCUT2D eigenvalue weighted by molar-refractivity contribution is 5.95. The summed E-state index contributed by atoms with van der Waals surface area (Å²) in [5, 5.41) is 42.0. The molecule has 0 radical (unpaired) electrons. The predicted molar refractivity (Wildman–Crippen MR) is 109 cm³/mol. The van der Waals surface area contributed by atoms with E-state index in [4.69, 9.17) is 14.2 Å². The highest BCUT2D eigenvalue weighted by Gasteiger charge is 2.48. The van der Waals surface area contributed by atoms with Crippen molar-refractivity contribution in [3.8, 4) is 11.5 Å². The maximum atomic E-state index is 12.5. The zero-order chi connectivity index (χ0) is 23.5. The largest absolute Gasteiger partial charge is 0.489 e. The number of aliphatic carboxylic acids is 1. The molecule has 2 rings (SSSR count). The van der Waals surface area contributed by atoms with Gasteiger partial charge >= 0.3 is 5.97 Å². The summed E-state index contributed by atoms with van der Waals surface area (Å²) in [5.74, 6) is -1.43. The Morgan fingerprint density at radius 1 is 1.10 bits per heavy atom. The summed E-state index contributed by atoms with van der Waals surface area (Å²) in [6.07, 6.45) is -8.72. The van der Waals surface area contributed by atoms with Crippen molar-refractivity contribution in [2.24, 2.45) is 5.92 Å². The zero-order valence-electron chi connectivity index (χ0n) is 18.2. The summed E-state index contributed by atoms with van der Waals surface area (Å²) in [4.78, 5) is 23.8. The van der Waals surface area contributed by atoms with E-state index in [1.807, 2.05) is 34.6 Å². The molecule has 1 aliphatic rings. The first-order valence-corrected chi connectivity index (χ1v) is 9.98. The average Bonchev–Trinajstić information content (AvgIpc) is 2.65. The minimum absolute atomic E-state index is 0.0738. The number of rotatable bonds is 7. The standard InChI is InChI=1S/C21H31NO9/c1-10(2)9-29-13-8-11(18(26)22-21(3,4)5)6-7-12(13)30-20-16(25)14(23)15(24)17(31-20)19(27)28/h6-8,10,14-17,20,23-25H,9H2,1-5H3,(H,22,26)(H,27,28)/t14-,15-,16+,17-,20+/m0/s1. The molecule has 31 heavy (non-hydrogen) atoms. The Kier molecular flexibility index (Phi) is 7.87. The van der Waals surface area contributed by atoms with Crippen molar-refractivity contribution in [2.45, 2.75) is 70.9 Å². The molecule has 174 valence electrons. The molecule has 10 heteroatoms. The molecule has 1 heterocycles. The van der Waals surface area contributed by atoms with Gasteiger partial charge in [-0.1, -0.05) is 13.8 Å². The monoisotopic (exact) mass is 441 g/mol. The summed E-state index contributed by atoms with van der Waals surface area (Å²) in [7, 11) is 0. The second kappa shape index (κ2) is 9.82. The fourth-order valence-corrected chi connectivity index (χ4v) is 2.80. The highest BCUT2D eigenvalue weighted by Crippen LogP contribution is 2.33. The maximum absolute atomic E-state index is 12.5. The van der Waals surface area contributed by atoms with Crippen LogP contribution in [0, 0.1) is 5.92 Å². The third-order valence-corrected chi connectivity index (χ3v) is 4.32. The van der Waals surface area contributed by atoms with E-state index >= 15 is 0 Å². The number of carboxylic acids is 1. The SMILES string of the molecule is CC(C)COc1cc(C(=O)NC(C)(C)C)ccc1O[C@@H]1O[C@H](C(=O)O)[C@@H](O)[C@H](O)[C@H]1O. The number of hydrogen-bond acceptors (Lipinski definition) is 8. The first kappa shape index (κ1) is 24.9. The zero-order valence-corrected chi connectivity index (χ0v) is 18.2. The summed E-state index contributed by atoms with van der Waals surface area (Å²) in [6, 6.07) is 4.37. The van der Waals surface area contributed by atoms with Crippen LogP contribution in [0.15, 0.2) is 18.2 Å². The van der Waals surface area contributed by atoms with Crippen molar-refractivity contribution < 1.29 is 44.2 Å². The van der Waals surface area contributed by atoms with Gasteiger partial charge in [0.15, 0.2) is 17.6 Å². The smallest absolute Gasteiger partial charge is 0.335 e. The summed E-state index contributed by atoms with van der Waals surface area (Å²) < 4.78 is 16.5. The van der Waals surface area contributed by atoms with Gasteiger partial charge in [0.25, 0.3) is 5.91 Å². The normalized spacial score (nSPS) is 26.4. The Bertz CT molecular complexity index is 790. The molecule has 0 saturated carbocycles. The molecule has 1 fully saturated rings. The third kappa shape index (κ3) is 6.54. The van der Waals surface area contributed by atoms with Gasteiger partial charge in [0, 0.05) is 11.1 Å². The second-order valence-electron chi connectivity index (χ2n) is 8.92. The Balaban J connectivity index is 2.31. The van der Waals surface area contributed by atoms with Gasteiger partial charge in [-0.25, -0.2) is 4.79 Å². The van der Waals surface area contributed by atoms with Gasteiger partial charge in [-0.05, 0) is 44.9 Å².